The summed E-state index contributed by atoms with van der Waals surface area (Å²) in [5.74, 6) is 1.37. The molecule has 1 saturated heterocycles. The van der Waals surface area contributed by atoms with Crippen molar-refractivity contribution in [3.8, 4) is 11.5 Å². The summed E-state index contributed by atoms with van der Waals surface area (Å²) in [5.41, 5.74) is 3.09. The van der Waals surface area contributed by atoms with Crippen LogP contribution < -0.4 is 14.8 Å². The number of benzene rings is 2. The van der Waals surface area contributed by atoms with Gasteiger partial charge in [0.1, 0.15) is 0 Å². The summed E-state index contributed by atoms with van der Waals surface area (Å²) in [6.07, 6.45) is 3.58. The molecule has 1 aliphatic heterocycles. The Kier molecular flexibility index (Phi) is 6.71. The molecule has 0 aliphatic carbocycles. The number of rotatable bonds is 8. The first-order valence-corrected chi connectivity index (χ1v) is 9.50. The van der Waals surface area contributed by atoms with Crippen molar-refractivity contribution in [1.82, 2.24) is 4.90 Å². The molecule has 0 aromatic heterocycles. The fourth-order valence-corrected chi connectivity index (χ4v) is 3.51. The number of anilines is 1. The second kappa shape index (κ2) is 9.42. The maximum Gasteiger partial charge on any atom is 0.224 e. The molecule has 0 atom stereocenters. The molecular formula is C22H28N2O3. The molecule has 5 nitrogen and oxygen atoms in total. The number of likely N-dealkylation sites (tertiary alicyclic amines) is 1. The Balaban J connectivity index is 1.52. The molecule has 0 unspecified atom stereocenters. The molecular weight excluding hydrogens is 340 g/mol. The fourth-order valence-electron chi connectivity index (χ4n) is 3.51. The van der Waals surface area contributed by atoms with Gasteiger partial charge in [-0.05, 0) is 61.7 Å². The number of methoxy groups -OCH3 is 2. The Morgan fingerprint density at radius 2 is 1.78 bits per heavy atom. The number of ether oxygens (including phenoxy) is 2. The van der Waals surface area contributed by atoms with Crippen molar-refractivity contribution >= 4 is 11.6 Å². The summed E-state index contributed by atoms with van der Waals surface area (Å²) < 4.78 is 10.7. The zero-order chi connectivity index (χ0) is 19.1. The third kappa shape index (κ3) is 5.23. The van der Waals surface area contributed by atoms with E-state index in [1.54, 1.807) is 14.2 Å². The highest BCUT2D eigenvalue weighted by atomic mass is 16.5. The minimum absolute atomic E-state index is 0.00725. The number of hydrogen-bond acceptors (Lipinski definition) is 4. The lowest BCUT2D eigenvalue weighted by molar-refractivity contribution is -0.116. The summed E-state index contributed by atoms with van der Waals surface area (Å²) in [7, 11) is 3.23. The van der Waals surface area contributed by atoms with Crippen molar-refractivity contribution in [2.45, 2.75) is 32.2 Å². The fraction of sp³-hybridized carbons (Fsp3) is 0.409. The minimum Gasteiger partial charge on any atom is -0.493 e. The average Bonchev–Trinajstić information content (AvgIpc) is 3.20. The summed E-state index contributed by atoms with van der Waals surface area (Å²) >= 11 is 0. The van der Waals surface area contributed by atoms with Crippen molar-refractivity contribution in [1.29, 1.82) is 0 Å². The molecule has 0 radical (unpaired) electrons. The van der Waals surface area contributed by atoms with Crippen LogP contribution in [0.2, 0.25) is 0 Å². The van der Waals surface area contributed by atoms with Gasteiger partial charge in [0.05, 0.1) is 14.2 Å². The monoisotopic (exact) mass is 368 g/mol. The van der Waals surface area contributed by atoms with Crippen LogP contribution in [0.25, 0.3) is 0 Å². The van der Waals surface area contributed by atoms with Crippen LogP contribution in [-0.2, 0) is 17.8 Å². The molecule has 0 spiro atoms. The molecule has 2 aromatic carbocycles. The Morgan fingerprint density at radius 1 is 1.04 bits per heavy atom. The van der Waals surface area contributed by atoms with E-state index in [0.717, 1.165) is 17.8 Å². The predicted octanol–water partition coefficient (Wildman–Crippen LogP) is 3.87. The quantitative estimate of drug-likeness (QED) is 0.768. The van der Waals surface area contributed by atoms with Crippen LogP contribution in [0.1, 0.15) is 30.4 Å². The number of nitrogens with one attached hydrogen (secondary N) is 1. The Labute approximate surface area is 161 Å². The van der Waals surface area contributed by atoms with Gasteiger partial charge in [0.25, 0.3) is 0 Å². The van der Waals surface area contributed by atoms with Crippen molar-refractivity contribution < 1.29 is 14.3 Å². The number of amides is 1. The lowest BCUT2D eigenvalue weighted by Gasteiger charge is -2.15. The van der Waals surface area contributed by atoms with Gasteiger partial charge in [-0.15, -0.1) is 0 Å². The molecule has 1 aliphatic rings. The van der Waals surface area contributed by atoms with Crippen LogP contribution in [0.3, 0.4) is 0 Å². The van der Waals surface area contributed by atoms with Crippen molar-refractivity contribution in [2.24, 2.45) is 0 Å². The lowest BCUT2D eigenvalue weighted by Crippen LogP contribution is -2.18. The summed E-state index contributed by atoms with van der Waals surface area (Å²) in [6, 6.07) is 13.9. The predicted molar refractivity (Wildman–Crippen MR) is 107 cm³/mol. The highest BCUT2D eigenvalue weighted by Gasteiger charge is 2.13. The first-order chi connectivity index (χ1) is 13.2. The first kappa shape index (κ1) is 19.2. The number of carbonyl (C=O) groups excluding carboxylic acids is 1. The molecule has 0 bridgehead atoms. The minimum atomic E-state index is -0.00725. The number of aryl methyl sites for hydroxylation is 1. The van der Waals surface area contributed by atoms with E-state index in [9.17, 15) is 4.79 Å². The number of nitrogens with zero attached hydrogens (tertiary/aromatic N) is 1. The molecule has 0 saturated carbocycles. The number of hydrogen-bond donors (Lipinski definition) is 1. The SMILES string of the molecule is COc1cccc(CCC(=O)Nc2ccc(CN3CCCC3)cc2)c1OC. The highest BCUT2D eigenvalue weighted by molar-refractivity contribution is 5.90. The number of para-hydroxylation sites is 1. The van der Waals surface area contributed by atoms with Crippen LogP contribution in [0.4, 0.5) is 5.69 Å². The van der Waals surface area contributed by atoms with Gasteiger partial charge in [-0.1, -0.05) is 24.3 Å². The molecule has 5 heteroatoms. The zero-order valence-corrected chi connectivity index (χ0v) is 16.2. The molecule has 1 heterocycles. The summed E-state index contributed by atoms with van der Waals surface area (Å²) in [4.78, 5) is 14.8. The van der Waals surface area contributed by atoms with Gasteiger partial charge in [0.15, 0.2) is 11.5 Å². The van der Waals surface area contributed by atoms with E-state index < -0.39 is 0 Å². The second-order valence-corrected chi connectivity index (χ2v) is 6.88. The van der Waals surface area contributed by atoms with Crippen LogP contribution in [-0.4, -0.2) is 38.1 Å². The van der Waals surface area contributed by atoms with E-state index >= 15 is 0 Å². The van der Waals surface area contributed by atoms with Gasteiger partial charge < -0.3 is 14.8 Å². The molecule has 144 valence electrons. The normalized spacial score (nSPS) is 14.1. The third-order valence-corrected chi connectivity index (χ3v) is 4.95. The van der Waals surface area contributed by atoms with E-state index in [2.05, 4.69) is 22.3 Å². The molecule has 27 heavy (non-hydrogen) atoms. The van der Waals surface area contributed by atoms with Crippen molar-refractivity contribution in [2.75, 3.05) is 32.6 Å². The maximum atomic E-state index is 12.3. The standard InChI is InChI=1S/C22H28N2O3/c1-26-20-7-5-6-18(22(20)27-2)10-13-21(25)23-19-11-8-17(9-12-19)16-24-14-3-4-15-24/h5-9,11-12H,3-4,10,13-16H2,1-2H3,(H,23,25). The molecule has 1 fully saturated rings. The topological polar surface area (TPSA) is 50.8 Å². The number of carbonyl (C=O) groups is 1. The van der Waals surface area contributed by atoms with Gasteiger partial charge >= 0.3 is 0 Å². The first-order valence-electron chi connectivity index (χ1n) is 9.50. The van der Waals surface area contributed by atoms with Crippen molar-refractivity contribution in [3.05, 3.63) is 53.6 Å². The largest absolute Gasteiger partial charge is 0.493 e. The van der Waals surface area contributed by atoms with Crippen LogP contribution >= 0.6 is 0 Å². The molecule has 3 rings (SSSR count). The van der Waals surface area contributed by atoms with Crippen LogP contribution in [0, 0.1) is 0 Å². The average molecular weight is 368 g/mol. The van der Waals surface area contributed by atoms with E-state index in [1.807, 2.05) is 30.3 Å². The Hall–Kier alpha value is -2.53. The summed E-state index contributed by atoms with van der Waals surface area (Å²) in [5, 5.41) is 2.97. The van der Waals surface area contributed by atoms with Gasteiger partial charge in [-0.25, -0.2) is 0 Å². The second-order valence-electron chi connectivity index (χ2n) is 6.88. The van der Waals surface area contributed by atoms with E-state index in [1.165, 1.54) is 31.5 Å². The smallest absolute Gasteiger partial charge is 0.224 e. The van der Waals surface area contributed by atoms with Gasteiger partial charge in [-0.3, -0.25) is 9.69 Å². The van der Waals surface area contributed by atoms with E-state index in [0.29, 0.717) is 24.3 Å². The van der Waals surface area contributed by atoms with E-state index in [4.69, 9.17) is 9.47 Å². The van der Waals surface area contributed by atoms with Crippen LogP contribution in [0.5, 0.6) is 11.5 Å². The Morgan fingerprint density at radius 3 is 2.44 bits per heavy atom. The molecule has 1 N–H and O–H groups in total. The summed E-state index contributed by atoms with van der Waals surface area (Å²) in [6.45, 7) is 3.36. The van der Waals surface area contributed by atoms with Crippen LogP contribution in [0.15, 0.2) is 42.5 Å². The third-order valence-electron chi connectivity index (χ3n) is 4.95. The maximum absolute atomic E-state index is 12.3. The zero-order valence-electron chi connectivity index (χ0n) is 16.2. The molecule has 2 aromatic rings. The van der Waals surface area contributed by atoms with Gasteiger partial charge in [0.2, 0.25) is 5.91 Å². The molecule has 1 amide bonds. The lowest BCUT2D eigenvalue weighted by atomic mass is 10.1. The van der Waals surface area contributed by atoms with Crippen molar-refractivity contribution in [3.63, 3.8) is 0 Å². The van der Waals surface area contributed by atoms with Gasteiger partial charge in [-0.2, -0.15) is 0 Å². The van der Waals surface area contributed by atoms with E-state index in [-0.39, 0.29) is 5.91 Å². The highest BCUT2D eigenvalue weighted by Crippen LogP contribution is 2.31. The van der Waals surface area contributed by atoms with Gasteiger partial charge in [0, 0.05) is 18.7 Å². The Bertz CT molecular complexity index is 753.